The Labute approximate surface area is 102 Å². The summed E-state index contributed by atoms with van der Waals surface area (Å²) in [6.07, 6.45) is 6.34. The molecule has 1 atom stereocenters. The van der Waals surface area contributed by atoms with E-state index in [1.807, 2.05) is 30.6 Å². The van der Waals surface area contributed by atoms with E-state index in [0.717, 1.165) is 18.7 Å². The Hall–Kier alpha value is -1.61. The van der Waals surface area contributed by atoms with E-state index in [0.29, 0.717) is 0 Å². The van der Waals surface area contributed by atoms with Crippen LogP contribution in [0.25, 0.3) is 0 Å². The number of furan rings is 1. The molecule has 0 aliphatic rings. The fourth-order valence-corrected chi connectivity index (χ4v) is 2.01. The Morgan fingerprint density at radius 3 is 2.94 bits per heavy atom. The van der Waals surface area contributed by atoms with Crippen LogP contribution in [0.2, 0.25) is 0 Å². The summed E-state index contributed by atoms with van der Waals surface area (Å²) in [4.78, 5) is 4.21. The van der Waals surface area contributed by atoms with E-state index in [2.05, 4.69) is 24.1 Å². The van der Waals surface area contributed by atoms with Gasteiger partial charge in [0, 0.05) is 24.9 Å². The van der Waals surface area contributed by atoms with Gasteiger partial charge in [0.25, 0.3) is 0 Å². The van der Waals surface area contributed by atoms with Crippen LogP contribution in [-0.2, 0) is 6.42 Å². The van der Waals surface area contributed by atoms with Crippen molar-refractivity contribution in [3.05, 3.63) is 53.7 Å². The molecule has 0 bridgehead atoms. The van der Waals surface area contributed by atoms with Gasteiger partial charge >= 0.3 is 0 Å². The minimum Gasteiger partial charge on any atom is -0.469 e. The lowest BCUT2D eigenvalue weighted by atomic mass is 10.00. The molecule has 2 heterocycles. The smallest absolute Gasteiger partial charge is 0.105 e. The lowest BCUT2D eigenvalue weighted by Gasteiger charge is -2.18. The van der Waals surface area contributed by atoms with Gasteiger partial charge in [-0.05, 0) is 42.8 Å². The Balaban J connectivity index is 2.20. The van der Waals surface area contributed by atoms with E-state index in [1.54, 1.807) is 6.26 Å². The quantitative estimate of drug-likeness (QED) is 0.858. The lowest BCUT2D eigenvalue weighted by Crippen LogP contribution is -2.23. The van der Waals surface area contributed by atoms with Gasteiger partial charge in [0.15, 0.2) is 0 Å². The molecule has 2 rings (SSSR count). The fraction of sp³-hybridized carbons (Fsp3) is 0.357. The zero-order valence-electron chi connectivity index (χ0n) is 10.3. The maximum absolute atomic E-state index is 5.41. The molecule has 1 unspecified atom stereocenters. The first kappa shape index (κ1) is 11.9. The van der Waals surface area contributed by atoms with Crippen LogP contribution in [-0.4, -0.2) is 11.5 Å². The van der Waals surface area contributed by atoms with Crippen molar-refractivity contribution in [1.29, 1.82) is 0 Å². The number of aryl methyl sites for hydroxylation is 1. The van der Waals surface area contributed by atoms with Crippen LogP contribution >= 0.6 is 0 Å². The highest BCUT2D eigenvalue weighted by atomic mass is 16.3. The van der Waals surface area contributed by atoms with Gasteiger partial charge in [-0.15, -0.1) is 0 Å². The molecule has 2 aromatic rings. The zero-order valence-corrected chi connectivity index (χ0v) is 10.3. The first-order chi connectivity index (χ1) is 8.31. The fourth-order valence-electron chi connectivity index (χ4n) is 2.01. The van der Waals surface area contributed by atoms with Crippen molar-refractivity contribution in [2.75, 3.05) is 6.54 Å². The van der Waals surface area contributed by atoms with Crippen LogP contribution in [0.4, 0.5) is 0 Å². The van der Waals surface area contributed by atoms with Crippen LogP contribution in [0.15, 0.2) is 41.3 Å². The summed E-state index contributed by atoms with van der Waals surface area (Å²) >= 11 is 0. The van der Waals surface area contributed by atoms with Crippen molar-refractivity contribution in [2.45, 2.75) is 26.3 Å². The molecule has 0 saturated heterocycles. The standard InChI is InChI=1S/C14H18N2O/c1-3-16-14(9-12-5-4-8-17-12)13-10-15-7-6-11(13)2/h4-8,10,14,16H,3,9H2,1-2H3. The zero-order chi connectivity index (χ0) is 12.1. The second-order valence-corrected chi connectivity index (χ2v) is 4.13. The molecule has 0 amide bonds. The molecule has 0 spiro atoms. The number of aromatic nitrogens is 1. The average molecular weight is 230 g/mol. The van der Waals surface area contributed by atoms with E-state index in [4.69, 9.17) is 4.42 Å². The molecule has 0 fully saturated rings. The SMILES string of the molecule is CCNC(Cc1ccco1)c1cnccc1C. The highest BCUT2D eigenvalue weighted by Crippen LogP contribution is 2.20. The Bertz CT molecular complexity index is 451. The molecule has 2 aromatic heterocycles. The van der Waals surface area contributed by atoms with Gasteiger partial charge in [-0.25, -0.2) is 0 Å². The van der Waals surface area contributed by atoms with Gasteiger partial charge in [0.2, 0.25) is 0 Å². The second-order valence-electron chi connectivity index (χ2n) is 4.13. The number of pyridine rings is 1. The van der Waals surface area contributed by atoms with Gasteiger partial charge in [-0.2, -0.15) is 0 Å². The number of hydrogen-bond donors (Lipinski definition) is 1. The van der Waals surface area contributed by atoms with Crippen LogP contribution in [0.1, 0.15) is 29.9 Å². The molecular weight excluding hydrogens is 212 g/mol. The largest absolute Gasteiger partial charge is 0.469 e. The Kier molecular flexibility index (Phi) is 3.94. The molecule has 0 aliphatic heterocycles. The summed E-state index contributed by atoms with van der Waals surface area (Å²) in [7, 11) is 0. The van der Waals surface area contributed by atoms with Crippen LogP contribution < -0.4 is 5.32 Å². The van der Waals surface area contributed by atoms with E-state index in [9.17, 15) is 0 Å². The predicted molar refractivity (Wildman–Crippen MR) is 67.8 cm³/mol. The van der Waals surface area contributed by atoms with Gasteiger partial charge in [-0.3, -0.25) is 4.98 Å². The van der Waals surface area contributed by atoms with Gasteiger partial charge < -0.3 is 9.73 Å². The highest BCUT2D eigenvalue weighted by molar-refractivity contribution is 5.26. The summed E-state index contributed by atoms with van der Waals surface area (Å²) in [6, 6.07) is 6.24. The summed E-state index contributed by atoms with van der Waals surface area (Å²) in [5, 5.41) is 3.48. The molecule has 1 N–H and O–H groups in total. The molecule has 0 aromatic carbocycles. The average Bonchev–Trinajstić information content (AvgIpc) is 2.82. The normalized spacial score (nSPS) is 12.6. The summed E-state index contributed by atoms with van der Waals surface area (Å²) in [6.45, 7) is 5.16. The summed E-state index contributed by atoms with van der Waals surface area (Å²) < 4.78 is 5.41. The molecule has 0 radical (unpaired) electrons. The van der Waals surface area contributed by atoms with Crippen LogP contribution in [0.5, 0.6) is 0 Å². The molecular formula is C14H18N2O. The molecule has 90 valence electrons. The third kappa shape index (κ3) is 2.94. The molecule has 0 saturated carbocycles. The summed E-state index contributed by atoms with van der Waals surface area (Å²) in [5.74, 6) is 0.999. The third-order valence-electron chi connectivity index (χ3n) is 2.89. The number of hydrogen-bond acceptors (Lipinski definition) is 3. The molecule has 3 nitrogen and oxygen atoms in total. The first-order valence-corrected chi connectivity index (χ1v) is 5.97. The molecule has 0 aliphatic carbocycles. The lowest BCUT2D eigenvalue weighted by molar-refractivity contribution is 0.453. The number of likely N-dealkylation sites (N-methyl/N-ethyl adjacent to an activating group) is 1. The first-order valence-electron chi connectivity index (χ1n) is 5.97. The molecule has 3 heteroatoms. The minimum absolute atomic E-state index is 0.264. The van der Waals surface area contributed by atoms with Gasteiger partial charge in [0.05, 0.1) is 6.26 Å². The minimum atomic E-state index is 0.264. The van der Waals surface area contributed by atoms with E-state index < -0.39 is 0 Å². The van der Waals surface area contributed by atoms with Gasteiger partial charge in [0.1, 0.15) is 5.76 Å². The number of nitrogens with zero attached hydrogens (tertiary/aromatic N) is 1. The van der Waals surface area contributed by atoms with Crippen molar-refractivity contribution in [2.24, 2.45) is 0 Å². The van der Waals surface area contributed by atoms with Crippen molar-refractivity contribution in [3.63, 3.8) is 0 Å². The number of nitrogens with one attached hydrogen (secondary N) is 1. The van der Waals surface area contributed by atoms with Crippen molar-refractivity contribution >= 4 is 0 Å². The molecule has 17 heavy (non-hydrogen) atoms. The van der Waals surface area contributed by atoms with E-state index >= 15 is 0 Å². The Morgan fingerprint density at radius 2 is 2.29 bits per heavy atom. The summed E-state index contributed by atoms with van der Waals surface area (Å²) in [5.41, 5.74) is 2.50. The second kappa shape index (κ2) is 5.64. The Morgan fingerprint density at radius 1 is 1.41 bits per heavy atom. The topological polar surface area (TPSA) is 38.1 Å². The monoisotopic (exact) mass is 230 g/mol. The van der Waals surface area contributed by atoms with Crippen molar-refractivity contribution in [3.8, 4) is 0 Å². The third-order valence-corrected chi connectivity index (χ3v) is 2.89. The van der Waals surface area contributed by atoms with Crippen LogP contribution in [0, 0.1) is 6.92 Å². The highest BCUT2D eigenvalue weighted by Gasteiger charge is 2.14. The number of rotatable bonds is 5. The van der Waals surface area contributed by atoms with E-state index in [1.165, 1.54) is 11.1 Å². The van der Waals surface area contributed by atoms with Crippen molar-refractivity contribution in [1.82, 2.24) is 10.3 Å². The van der Waals surface area contributed by atoms with Crippen molar-refractivity contribution < 1.29 is 4.42 Å². The maximum Gasteiger partial charge on any atom is 0.105 e. The van der Waals surface area contributed by atoms with Crippen LogP contribution in [0.3, 0.4) is 0 Å². The maximum atomic E-state index is 5.41. The predicted octanol–water partition coefficient (Wildman–Crippen LogP) is 2.88. The van der Waals surface area contributed by atoms with E-state index in [-0.39, 0.29) is 6.04 Å². The van der Waals surface area contributed by atoms with Gasteiger partial charge in [-0.1, -0.05) is 6.92 Å².